The van der Waals surface area contributed by atoms with Crippen LogP contribution in [-0.2, 0) is 10.8 Å². The first-order valence-electron chi connectivity index (χ1n) is 22.7. The van der Waals surface area contributed by atoms with Crippen molar-refractivity contribution in [2.24, 2.45) is 0 Å². The summed E-state index contributed by atoms with van der Waals surface area (Å²) in [5.41, 5.74) is 17.6. The van der Waals surface area contributed by atoms with Gasteiger partial charge in [-0.2, -0.15) is 0 Å². The zero-order valence-electron chi connectivity index (χ0n) is 35.8. The van der Waals surface area contributed by atoms with Crippen molar-refractivity contribution in [3.63, 3.8) is 0 Å². The molecule has 0 amide bonds. The van der Waals surface area contributed by atoms with Gasteiger partial charge < -0.3 is 4.90 Å². The number of nitrogens with zero attached hydrogens (tertiary/aromatic N) is 1. The Morgan fingerprint density at radius 3 is 1.25 bits per heavy atom. The second-order valence-corrected chi connectivity index (χ2v) is 17.5. The summed E-state index contributed by atoms with van der Waals surface area (Å²) in [5.74, 6) is 0. The maximum atomic E-state index is 2.49. The van der Waals surface area contributed by atoms with Gasteiger partial charge in [-0.25, -0.2) is 0 Å². The lowest BCUT2D eigenvalue weighted by Gasteiger charge is -2.35. The predicted octanol–water partition coefficient (Wildman–Crippen LogP) is 16.2. The minimum absolute atomic E-state index is 0.480. The van der Waals surface area contributed by atoms with Gasteiger partial charge in [0.25, 0.3) is 0 Å². The van der Waals surface area contributed by atoms with Crippen molar-refractivity contribution in [3.05, 3.63) is 305 Å². The summed E-state index contributed by atoms with van der Waals surface area (Å²) < 4.78 is 0. The third-order valence-electron chi connectivity index (χ3n) is 14.4. The zero-order valence-corrected chi connectivity index (χ0v) is 35.8. The summed E-state index contributed by atoms with van der Waals surface area (Å²) in [6, 6.07) is 97.1. The molecule has 2 aliphatic carbocycles. The molecule has 11 aromatic carbocycles. The second-order valence-electron chi connectivity index (χ2n) is 17.5. The number of benzene rings is 11. The Kier molecular flexibility index (Phi) is 8.41. The Morgan fingerprint density at radius 2 is 0.631 bits per heavy atom. The summed E-state index contributed by atoms with van der Waals surface area (Å²) in [4.78, 5) is 2.49. The summed E-state index contributed by atoms with van der Waals surface area (Å²) in [6.45, 7) is 0. The van der Waals surface area contributed by atoms with Crippen molar-refractivity contribution in [3.8, 4) is 22.3 Å². The van der Waals surface area contributed by atoms with Crippen molar-refractivity contribution in [1.82, 2.24) is 0 Å². The smallest absolute Gasteiger partial charge is 0.0714 e. The van der Waals surface area contributed by atoms with Crippen molar-refractivity contribution in [2.45, 2.75) is 10.8 Å². The van der Waals surface area contributed by atoms with Gasteiger partial charge in [-0.1, -0.05) is 224 Å². The summed E-state index contributed by atoms with van der Waals surface area (Å²) in [5, 5.41) is 4.97. The first-order valence-corrected chi connectivity index (χ1v) is 22.7. The Morgan fingerprint density at radius 1 is 0.231 bits per heavy atom. The number of rotatable bonds is 7. The van der Waals surface area contributed by atoms with Crippen LogP contribution in [0.3, 0.4) is 0 Å². The molecule has 1 nitrogen and oxygen atoms in total. The van der Waals surface area contributed by atoms with Gasteiger partial charge in [-0.3, -0.25) is 0 Å². The maximum Gasteiger partial charge on any atom is 0.0714 e. The minimum atomic E-state index is -0.528. The highest BCUT2D eigenvalue weighted by Gasteiger charge is 2.48. The van der Waals surface area contributed by atoms with Crippen LogP contribution < -0.4 is 4.90 Å². The molecule has 0 bridgehead atoms. The van der Waals surface area contributed by atoms with E-state index in [1.54, 1.807) is 0 Å². The van der Waals surface area contributed by atoms with E-state index in [0.717, 1.165) is 17.1 Å². The maximum absolute atomic E-state index is 2.49. The second kappa shape index (κ2) is 14.7. The molecule has 0 radical (unpaired) electrons. The predicted molar refractivity (Wildman–Crippen MR) is 271 cm³/mol. The minimum Gasteiger partial charge on any atom is -0.310 e. The van der Waals surface area contributed by atoms with E-state index in [1.807, 2.05) is 0 Å². The Balaban J connectivity index is 1.09. The zero-order chi connectivity index (χ0) is 43.0. The molecule has 11 aromatic rings. The fourth-order valence-electron chi connectivity index (χ4n) is 11.7. The normalized spacial score (nSPS) is 13.8. The molecule has 0 N–H and O–H groups in total. The molecule has 0 aromatic heterocycles. The lowest BCUT2D eigenvalue weighted by molar-refractivity contribution is 0.768. The highest BCUT2D eigenvalue weighted by Crippen LogP contribution is 2.59. The van der Waals surface area contributed by atoms with Gasteiger partial charge in [0, 0.05) is 17.1 Å². The van der Waals surface area contributed by atoms with E-state index in [2.05, 4.69) is 266 Å². The van der Waals surface area contributed by atoms with Crippen LogP contribution in [0.4, 0.5) is 17.1 Å². The molecule has 2 aliphatic rings. The first-order chi connectivity index (χ1) is 32.2. The van der Waals surface area contributed by atoms with E-state index < -0.39 is 10.8 Å². The van der Waals surface area contributed by atoms with E-state index in [9.17, 15) is 0 Å². The van der Waals surface area contributed by atoms with Crippen LogP contribution in [0, 0.1) is 0 Å². The first kappa shape index (κ1) is 37.3. The molecular formula is C64H43N. The van der Waals surface area contributed by atoms with E-state index in [0.29, 0.717) is 0 Å². The Hall–Kier alpha value is -8.26. The van der Waals surface area contributed by atoms with Gasteiger partial charge >= 0.3 is 0 Å². The number of fused-ring (bicyclic) bond motifs is 9. The lowest BCUT2D eigenvalue weighted by atomic mass is 9.67. The van der Waals surface area contributed by atoms with Crippen LogP contribution in [0.2, 0.25) is 0 Å². The van der Waals surface area contributed by atoms with Gasteiger partial charge in [0.2, 0.25) is 0 Å². The standard InChI is InChI=1S/C64H43N/c1-5-20-46(21-6-1)63(47-22-7-2-8-23-47)60-32-18-16-30-56(60)58-42-51(37-40-61(58)63)65(50-35-38-54-45(41-50)34-33-44-19-13-14-28-53(44)54)52-36-39-57-55-29-15-17-31-59(55)64(62(57)43-52,48-24-9-3-10-25-48)49-26-11-4-12-27-49/h1-43H. The molecule has 0 saturated carbocycles. The highest BCUT2D eigenvalue weighted by molar-refractivity contribution is 6.08. The van der Waals surface area contributed by atoms with E-state index in [4.69, 9.17) is 0 Å². The highest BCUT2D eigenvalue weighted by atomic mass is 15.1. The topological polar surface area (TPSA) is 3.24 Å². The average molecular weight is 826 g/mol. The molecule has 65 heavy (non-hydrogen) atoms. The van der Waals surface area contributed by atoms with Crippen LogP contribution in [-0.4, -0.2) is 0 Å². The van der Waals surface area contributed by atoms with Gasteiger partial charge in [0.05, 0.1) is 10.8 Å². The number of anilines is 3. The SMILES string of the molecule is c1ccc(C2(c3ccccc3)c3ccccc3-c3cc(N(c4ccc5c(c4)C(c4ccccc4)(c4ccccc4)c4ccccc4-5)c4ccc5c(ccc6ccccc65)c4)ccc32)cc1. The molecular weight excluding hydrogens is 783 g/mol. The molecule has 0 spiro atoms. The van der Waals surface area contributed by atoms with Crippen molar-refractivity contribution in [2.75, 3.05) is 4.90 Å². The van der Waals surface area contributed by atoms with E-state index in [1.165, 1.54) is 88.3 Å². The Labute approximate surface area is 380 Å². The van der Waals surface area contributed by atoms with E-state index >= 15 is 0 Å². The van der Waals surface area contributed by atoms with Crippen LogP contribution in [0.25, 0.3) is 43.8 Å². The molecule has 0 fully saturated rings. The molecule has 0 saturated heterocycles. The van der Waals surface area contributed by atoms with Crippen LogP contribution in [0.15, 0.2) is 261 Å². The molecule has 0 unspecified atom stereocenters. The molecule has 1 heteroatoms. The third-order valence-corrected chi connectivity index (χ3v) is 14.4. The fraction of sp³-hybridized carbons (Fsp3) is 0.0312. The van der Waals surface area contributed by atoms with Gasteiger partial charge in [-0.05, 0) is 125 Å². The van der Waals surface area contributed by atoms with Gasteiger partial charge in [-0.15, -0.1) is 0 Å². The van der Waals surface area contributed by atoms with Gasteiger partial charge in [0.1, 0.15) is 0 Å². The fourth-order valence-corrected chi connectivity index (χ4v) is 11.7. The summed E-state index contributed by atoms with van der Waals surface area (Å²) in [7, 11) is 0. The molecule has 0 atom stereocenters. The lowest BCUT2D eigenvalue weighted by Crippen LogP contribution is -2.28. The van der Waals surface area contributed by atoms with Crippen LogP contribution >= 0.6 is 0 Å². The molecule has 304 valence electrons. The molecule has 13 rings (SSSR count). The number of hydrogen-bond acceptors (Lipinski definition) is 1. The Bertz CT molecular complexity index is 3510. The van der Waals surface area contributed by atoms with Crippen molar-refractivity contribution < 1.29 is 0 Å². The number of hydrogen-bond donors (Lipinski definition) is 0. The molecule has 0 heterocycles. The molecule has 0 aliphatic heterocycles. The average Bonchev–Trinajstić information content (AvgIpc) is 3.85. The quantitative estimate of drug-likeness (QED) is 0.145. The van der Waals surface area contributed by atoms with Crippen LogP contribution in [0.1, 0.15) is 44.5 Å². The van der Waals surface area contributed by atoms with Crippen LogP contribution in [0.5, 0.6) is 0 Å². The van der Waals surface area contributed by atoms with Gasteiger partial charge in [0.15, 0.2) is 0 Å². The van der Waals surface area contributed by atoms with Crippen molar-refractivity contribution >= 4 is 38.6 Å². The van der Waals surface area contributed by atoms with Crippen molar-refractivity contribution in [1.29, 1.82) is 0 Å². The van der Waals surface area contributed by atoms with E-state index in [-0.39, 0.29) is 0 Å². The third kappa shape index (κ3) is 5.39. The summed E-state index contributed by atoms with van der Waals surface area (Å²) >= 11 is 0. The largest absolute Gasteiger partial charge is 0.310 e. The summed E-state index contributed by atoms with van der Waals surface area (Å²) in [6.07, 6.45) is 0. The monoisotopic (exact) mass is 825 g/mol.